The van der Waals surface area contributed by atoms with Gasteiger partial charge >= 0.3 is 5.97 Å². The van der Waals surface area contributed by atoms with Crippen molar-refractivity contribution in [2.24, 2.45) is 0 Å². The van der Waals surface area contributed by atoms with Crippen LogP contribution in [0.4, 0.5) is 5.13 Å². The van der Waals surface area contributed by atoms with Gasteiger partial charge in [-0.05, 0) is 19.1 Å². The largest absolute Gasteiger partial charge is 0.451 e. The molecule has 0 saturated heterocycles. The maximum Gasteiger partial charge on any atom is 0.358 e. The summed E-state index contributed by atoms with van der Waals surface area (Å²) < 4.78 is 6.46. The topological polar surface area (TPSA) is 81.2 Å². The Hall–Kier alpha value is -2.32. The quantitative estimate of drug-likeness (QED) is 0.729. The summed E-state index contributed by atoms with van der Waals surface area (Å²) in [6, 6.07) is 7.76. The van der Waals surface area contributed by atoms with E-state index < -0.39 is 12.1 Å². The zero-order chi connectivity index (χ0) is 16.4. The number of carbonyl (C=O) groups is 2. The minimum Gasteiger partial charge on any atom is -0.451 e. The highest BCUT2D eigenvalue weighted by Crippen LogP contribution is 2.28. The molecule has 1 aromatic carbocycles. The van der Waals surface area contributed by atoms with Gasteiger partial charge in [-0.15, -0.1) is 22.7 Å². The molecular weight excluding hydrogens is 334 g/mol. The first-order valence-corrected chi connectivity index (χ1v) is 8.52. The van der Waals surface area contributed by atoms with Crippen molar-refractivity contribution in [1.29, 1.82) is 0 Å². The molecule has 0 aliphatic carbocycles. The van der Waals surface area contributed by atoms with E-state index in [-0.39, 0.29) is 11.6 Å². The van der Waals surface area contributed by atoms with Crippen LogP contribution in [0.25, 0.3) is 10.2 Å². The molecule has 0 unspecified atom stereocenters. The zero-order valence-electron chi connectivity index (χ0n) is 12.4. The van der Waals surface area contributed by atoms with Gasteiger partial charge in [-0.1, -0.05) is 12.1 Å². The van der Waals surface area contributed by atoms with Crippen molar-refractivity contribution in [2.45, 2.75) is 20.0 Å². The van der Waals surface area contributed by atoms with Gasteiger partial charge in [0.2, 0.25) is 5.91 Å². The van der Waals surface area contributed by atoms with Crippen molar-refractivity contribution < 1.29 is 14.3 Å². The molecule has 0 radical (unpaired) electrons. The SMILES string of the molecule is CC(=O)Nc1nc(C(=O)O[C@H](C)c2nc3ccccc3s2)cs1. The Kier molecular flexibility index (Phi) is 4.35. The minimum absolute atomic E-state index is 0.173. The molecule has 2 heterocycles. The van der Waals surface area contributed by atoms with Gasteiger partial charge in [-0.25, -0.2) is 14.8 Å². The number of nitrogens with one attached hydrogen (secondary N) is 1. The van der Waals surface area contributed by atoms with Gasteiger partial charge in [-0.3, -0.25) is 4.79 Å². The number of thiazole rings is 2. The summed E-state index contributed by atoms with van der Waals surface area (Å²) in [6.45, 7) is 3.16. The summed E-state index contributed by atoms with van der Waals surface area (Å²) in [7, 11) is 0. The predicted octanol–water partition coefficient (Wildman–Crippen LogP) is 3.63. The number of esters is 1. The Labute approximate surface area is 140 Å². The summed E-state index contributed by atoms with van der Waals surface area (Å²) in [4.78, 5) is 31.6. The van der Waals surface area contributed by atoms with Crippen molar-refractivity contribution in [3.8, 4) is 0 Å². The molecule has 1 N–H and O–H groups in total. The average Bonchev–Trinajstić information content (AvgIpc) is 3.12. The molecule has 1 atom stereocenters. The van der Waals surface area contributed by atoms with Gasteiger partial charge in [0.05, 0.1) is 10.2 Å². The third kappa shape index (κ3) is 3.54. The third-order valence-corrected chi connectivity index (χ3v) is 4.89. The fourth-order valence-electron chi connectivity index (χ4n) is 1.91. The van der Waals surface area contributed by atoms with Gasteiger partial charge in [0.25, 0.3) is 0 Å². The lowest BCUT2D eigenvalue weighted by Crippen LogP contribution is -2.10. The normalized spacial score (nSPS) is 12.1. The average molecular weight is 347 g/mol. The van der Waals surface area contributed by atoms with Crippen LogP contribution in [-0.2, 0) is 9.53 Å². The molecule has 1 amide bonds. The van der Waals surface area contributed by atoms with E-state index in [1.54, 1.807) is 12.3 Å². The predicted molar refractivity (Wildman–Crippen MR) is 89.9 cm³/mol. The lowest BCUT2D eigenvalue weighted by molar-refractivity contribution is -0.114. The van der Waals surface area contributed by atoms with E-state index >= 15 is 0 Å². The number of aromatic nitrogens is 2. The number of para-hydroxylation sites is 1. The number of amides is 1. The lowest BCUT2D eigenvalue weighted by atomic mass is 10.3. The zero-order valence-corrected chi connectivity index (χ0v) is 14.0. The van der Waals surface area contributed by atoms with E-state index in [1.807, 2.05) is 24.3 Å². The van der Waals surface area contributed by atoms with Crippen LogP contribution in [0.1, 0.15) is 35.4 Å². The summed E-state index contributed by atoms with van der Waals surface area (Å²) in [5, 5.41) is 5.19. The molecule has 0 saturated carbocycles. The van der Waals surface area contributed by atoms with Gasteiger partial charge in [0.1, 0.15) is 5.01 Å². The second-order valence-corrected chi connectivity index (χ2v) is 6.71. The summed E-state index contributed by atoms with van der Waals surface area (Å²) in [6.07, 6.45) is -0.467. The van der Waals surface area contributed by atoms with E-state index in [0.29, 0.717) is 5.13 Å². The maximum atomic E-state index is 12.1. The number of nitrogens with zero attached hydrogens (tertiary/aromatic N) is 2. The Bertz CT molecular complexity index is 839. The first-order valence-electron chi connectivity index (χ1n) is 6.82. The highest BCUT2D eigenvalue weighted by molar-refractivity contribution is 7.18. The first kappa shape index (κ1) is 15.6. The monoisotopic (exact) mass is 347 g/mol. The summed E-state index contributed by atoms with van der Waals surface area (Å²) in [5.41, 5.74) is 1.06. The molecule has 0 fully saturated rings. The second-order valence-electron chi connectivity index (χ2n) is 4.79. The van der Waals surface area contributed by atoms with Crippen molar-refractivity contribution in [2.75, 3.05) is 5.32 Å². The molecule has 0 aliphatic rings. The second kappa shape index (κ2) is 6.43. The standard InChI is InChI=1S/C15H13N3O3S2/c1-8(13-17-10-5-3-4-6-12(10)23-13)21-14(20)11-7-22-15(18-11)16-9(2)19/h3-8H,1-2H3,(H,16,18,19)/t8-/m1/s1. The number of carbonyl (C=O) groups excluding carboxylic acids is 2. The Morgan fingerprint density at radius 2 is 2.04 bits per heavy atom. The molecule has 8 heteroatoms. The van der Waals surface area contributed by atoms with Crippen LogP contribution in [0.2, 0.25) is 0 Å². The first-order chi connectivity index (χ1) is 11.0. The van der Waals surface area contributed by atoms with Crippen LogP contribution in [0.5, 0.6) is 0 Å². The van der Waals surface area contributed by atoms with E-state index in [4.69, 9.17) is 4.74 Å². The summed E-state index contributed by atoms with van der Waals surface area (Å²) >= 11 is 2.67. The van der Waals surface area contributed by atoms with Crippen LogP contribution < -0.4 is 5.32 Å². The van der Waals surface area contributed by atoms with Crippen LogP contribution >= 0.6 is 22.7 Å². The molecule has 3 aromatic rings. The highest BCUT2D eigenvalue weighted by Gasteiger charge is 2.19. The molecule has 118 valence electrons. The number of hydrogen-bond acceptors (Lipinski definition) is 7. The number of ether oxygens (including phenoxy) is 1. The van der Waals surface area contributed by atoms with Crippen LogP contribution in [-0.4, -0.2) is 21.8 Å². The fraction of sp³-hybridized carbons (Fsp3) is 0.200. The van der Waals surface area contributed by atoms with Crippen molar-refractivity contribution >= 4 is 49.9 Å². The summed E-state index contributed by atoms with van der Waals surface area (Å²) in [5.74, 6) is -0.772. The lowest BCUT2D eigenvalue weighted by Gasteiger charge is -2.08. The maximum absolute atomic E-state index is 12.1. The molecule has 0 aliphatic heterocycles. The third-order valence-electron chi connectivity index (χ3n) is 2.94. The van der Waals surface area contributed by atoms with Crippen LogP contribution in [0.3, 0.4) is 0 Å². The van der Waals surface area contributed by atoms with E-state index in [9.17, 15) is 9.59 Å². The number of hydrogen-bond donors (Lipinski definition) is 1. The molecule has 0 spiro atoms. The number of benzene rings is 1. The van der Waals surface area contributed by atoms with Crippen LogP contribution in [0.15, 0.2) is 29.6 Å². The molecule has 23 heavy (non-hydrogen) atoms. The van der Waals surface area contributed by atoms with Crippen molar-refractivity contribution in [3.05, 3.63) is 40.3 Å². The van der Waals surface area contributed by atoms with E-state index in [2.05, 4.69) is 15.3 Å². The van der Waals surface area contributed by atoms with Crippen molar-refractivity contribution in [3.63, 3.8) is 0 Å². The Morgan fingerprint density at radius 1 is 1.26 bits per heavy atom. The number of rotatable bonds is 4. The smallest absolute Gasteiger partial charge is 0.358 e. The van der Waals surface area contributed by atoms with E-state index in [1.165, 1.54) is 29.6 Å². The minimum atomic E-state index is -0.537. The van der Waals surface area contributed by atoms with Gasteiger partial charge in [0, 0.05) is 12.3 Å². The Morgan fingerprint density at radius 3 is 2.78 bits per heavy atom. The number of fused-ring (bicyclic) bond motifs is 1. The Balaban J connectivity index is 1.71. The highest BCUT2D eigenvalue weighted by atomic mass is 32.1. The van der Waals surface area contributed by atoms with E-state index in [0.717, 1.165) is 15.2 Å². The van der Waals surface area contributed by atoms with Crippen LogP contribution in [0, 0.1) is 0 Å². The molecule has 6 nitrogen and oxygen atoms in total. The molecular formula is C15H13N3O3S2. The van der Waals surface area contributed by atoms with Gasteiger partial charge in [-0.2, -0.15) is 0 Å². The fourth-order valence-corrected chi connectivity index (χ4v) is 3.58. The van der Waals surface area contributed by atoms with Crippen molar-refractivity contribution in [1.82, 2.24) is 9.97 Å². The van der Waals surface area contributed by atoms with Gasteiger partial charge in [0.15, 0.2) is 16.9 Å². The number of anilines is 1. The molecule has 3 rings (SSSR count). The molecule has 2 aromatic heterocycles. The van der Waals surface area contributed by atoms with Gasteiger partial charge < -0.3 is 10.1 Å². The molecule has 0 bridgehead atoms.